The van der Waals surface area contributed by atoms with Crippen molar-refractivity contribution >= 4 is 0 Å². The quantitative estimate of drug-likeness (QED) is 0.647. The molecule has 144 valence electrons. The van der Waals surface area contributed by atoms with E-state index in [0.717, 1.165) is 16.7 Å². The molecule has 0 saturated carbocycles. The summed E-state index contributed by atoms with van der Waals surface area (Å²) in [5.41, 5.74) is 2.10. The molecule has 3 atom stereocenters. The number of aliphatic hydroxyl groups is 2. The summed E-state index contributed by atoms with van der Waals surface area (Å²) in [6, 6.07) is 30.1. The maximum absolute atomic E-state index is 10.2. The van der Waals surface area contributed by atoms with E-state index in [4.69, 9.17) is 9.47 Å². The van der Waals surface area contributed by atoms with Crippen LogP contribution in [0.2, 0.25) is 0 Å². The minimum Gasteiger partial charge on any atom is -0.390 e. The van der Waals surface area contributed by atoms with Crippen molar-refractivity contribution in [3.63, 3.8) is 0 Å². The van der Waals surface area contributed by atoms with Crippen molar-refractivity contribution in [1.29, 1.82) is 0 Å². The van der Waals surface area contributed by atoms with Crippen LogP contribution in [-0.4, -0.2) is 35.3 Å². The third-order valence-electron chi connectivity index (χ3n) is 5.21. The molecule has 1 saturated heterocycles. The van der Waals surface area contributed by atoms with Gasteiger partial charge in [-0.1, -0.05) is 91.0 Å². The van der Waals surface area contributed by atoms with Crippen LogP contribution in [0.5, 0.6) is 0 Å². The first kappa shape index (κ1) is 18.8. The van der Waals surface area contributed by atoms with Gasteiger partial charge >= 0.3 is 0 Å². The Hall–Kier alpha value is -2.50. The number of aliphatic hydroxyl groups excluding tert-OH is 2. The molecule has 4 heteroatoms. The SMILES string of the molecule is O[C@@H]1C[C@H](O)O[C@@H]1COC(c1ccccc1)(c1ccccc1)c1ccccc1. The second-order valence-electron chi connectivity index (χ2n) is 7.02. The Kier molecular flexibility index (Phi) is 5.55. The number of rotatable bonds is 6. The molecule has 28 heavy (non-hydrogen) atoms. The highest BCUT2D eigenvalue weighted by Crippen LogP contribution is 2.41. The molecule has 1 aliphatic heterocycles. The van der Waals surface area contributed by atoms with Gasteiger partial charge in [0.25, 0.3) is 0 Å². The summed E-state index contributed by atoms with van der Waals surface area (Å²) in [6.45, 7) is 0.150. The summed E-state index contributed by atoms with van der Waals surface area (Å²) in [5, 5.41) is 19.9. The molecule has 0 radical (unpaired) electrons. The van der Waals surface area contributed by atoms with Crippen LogP contribution in [-0.2, 0) is 15.1 Å². The molecule has 3 aromatic rings. The van der Waals surface area contributed by atoms with E-state index in [9.17, 15) is 10.2 Å². The zero-order valence-corrected chi connectivity index (χ0v) is 15.5. The van der Waals surface area contributed by atoms with E-state index < -0.39 is 24.1 Å². The summed E-state index contributed by atoms with van der Waals surface area (Å²) < 4.78 is 12.1. The Balaban J connectivity index is 1.81. The summed E-state index contributed by atoms with van der Waals surface area (Å²) in [5.74, 6) is 0. The minimum absolute atomic E-state index is 0.150. The summed E-state index contributed by atoms with van der Waals surface area (Å²) >= 11 is 0. The molecule has 4 rings (SSSR count). The largest absolute Gasteiger partial charge is 0.390 e. The van der Waals surface area contributed by atoms with E-state index in [-0.39, 0.29) is 13.0 Å². The Labute approximate surface area is 165 Å². The van der Waals surface area contributed by atoms with E-state index in [2.05, 4.69) is 0 Å². The van der Waals surface area contributed by atoms with Crippen LogP contribution in [0.1, 0.15) is 23.1 Å². The molecule has 0 unspecified atom stereocenters. The zero-order chi connectivity index (χ0) is 19.4. The van der Waals surface area contributed by atoms with Gasteiger partial charge in [-0.15, -0.1) is 0 Å². The Morgan fingerprint density at radius 2 is 1.18 bits per heavy atom. The average molecular weight is 376 g/mol. The van der Waals surface area contributed by atoms with Gasteiger partial charge in [-0.05, 0) is 16.7 Å². The van der Waals surface area contributed by atoms with Gasteiger partial charge in [-0.2, -0.15) is 0 Å². The van der Waals surface area contributed by atoms with Gasteiger partial charge < -0.3 is 19.7 Å². The monoisotopic (exact) mass is 376 g/mol. The number of ether oxygens (including phenoxy) is 2. The van der Waals surface area contributed by atoms with Crippen molar-refractivity contribution in [3.8, 4) is 0 Å². The number of hydrogen-bond donors (Lipinski definition) is 2. The van der Waals surface area contributed by atoms with Crippen LogP contribution < -0.4 is 0 Å². The predicted octanol–water partition coefficient (Wildman–Crippen LogP) is 3.46. The van der Waals surface area contributed by atoms with Crippen molar-refractivity contribution < 1.29 is 19.7 Å². The molecule has 0 aliphatic carbocycles. The molecule has 0 aromatic heterocycles. The predicted molar refractivity (Wildman–Crippen MR) is 107 cm³/mol. The second-order valence-corrected chi connectivity index (χ2v) is 7.02. The van der Waals surface area contributed by atoms with E-state index in [1.54, 1.807) is 0 Å². The summed E-state index contributed by atoms with van der Waals surface area (Å²) in [4.78, 5) is 0. The standard InChI is InChI=1S/C24H24O4/c25-21-16-23(26)28-22(21)17-27-24(18-10-4-1-5-11-18,19-12-6-2-7-13-19)20-14-8-3-9-15-20/h1-15,21-23,25-26H,16-17H2/t21-,22-,23-/m1/s1. The van der Waals surface area contributed by atoms with Gasteiger partial charge in [0.1, 0.15) is 11.7 Å². The normalized spacial score (nSPS) is 22.3. The first-order valence-corrected chi connectivity index (χ1v) is 9.52. The van der Waals surface area contributed by atoms with E-state index in [1.807, 2.05) is 91.0 Å². The molecule has 0 bridgehead atoms. The molecule has 0 amide bonds. The Bertz CT molecular complexity index is 770. The lowest BCUT2D eigenvalue weighted by Gasteiger charge is -2.37. The molecule has 3 aromatic carbocycles. The van der Waals surface area contributed by atoms with Gasteiger partial charge in [-0.3, -0.25) is 0 Å². The maximum Gasteiger partial charge on any atom is 0.157 e. The second kappa shape index (κ2) is 8.25. The van der Waals surface area contributed by atoms with Crippen LogP contribution in [0.4, 0.5) is 0 Å². The number of hydrogen-bond acceptors (Lipinski definition) is 4. The van der Waals surface area contributed by atoms with Crippen molar-refractivity contribution in [2.24, 2.45) is 0 Å². The minimum atomic E-state index is -0.955. The highest BCUT2D eigenvalue weighted by Gasteiger charge is 2.40. The van der Waals surface area contributed by atoms with Gasteiger partial charge in [0.05, 0.1) is 12.7 Å². The zero-order valence-electron chi connectivity index (χ0n) is 15.5. The van der Waals surface area contributed by atoms with Gasteiger partial charge in [0, 0.05) is 6.42 Å². The molecule has 1 fully saturated rings. The fourth-order valence-electron chi connectivity index (χ4n) is 3.83. The highest BCUT2D eigenvalue weighted by atomic mass is 16.6. The Morgan fingerprint density at radius 3 is 1.54 bits per heavy atom. The van der Waals surface area contributed by atoms with Crippen LogP contribution >= 0.6 is 0 Å². The van der Waals surface area contributed by atoms with Gasteiger partial charge in [-0.25, -0.2) is 0 Å². The van der Waals surface area contributed by atoms with Crippen LogP contribution in [0.15, 0.2) is 91.0 Å². The molecule has 0 spiro atoms. The molecule has 4 nitrogen and oxygen atoms in total. The molecule has 2 N–H and O–H groups in total. The van der Waals surface area contributed by atoms with Crippen LogP contribution in [0.3, 0.4) is 0 Å². The molecular weight excluding hydrogens is 352 g/mol. The molecule has 1 heterocycles. The van der Waals surface area contributed by atoms with Crippen molar-refractivity contribution in [2.75, 3.05) is 6.61 Å². The van der Waals surface area contributed by atoms with E-state index >= 15 is 0 Å². The first-order chi connectivity index (χ1) is 13.7. The summed E-state index contributed by atoms with van der Waals surface area (Å²) in [6.07, 6.45) is -2.09. The third kappa shape index (κ3) is 3.60. The summed E-state index contributed by atoms with van der Waals surface area (Å²) in [7, 11) is 0. The lowest BCUT2D eigenvalue weighted by atomic mass is 9.80. The third-order valence-corrected chi connectivity index (χ3v) is 5.21. The van der Waals surface area contributed by atoms with Crippen molar-refractivity contribution in [1.82, 2.24) is 0 Å². The van der Waals surface area contributed by atoms with Crippen molar-refractivity contribution in [3.05, 3.63) is 108 Å². The van der Waals surface area contributed by atoms with E-state index in [0.29, 0.717) is 0 Å². The topological polar surface area (TPSA) is 58.9 Å². The lowest BCUT2D eigenvalue weighted by Crippen LogP contribution is -2.38. The smallest absolute Gasteiger partial charge is 0.157 e. The molecule has 1 aliphatic rings. The first-order valence-electron chi connectivity index (χ1n) is 9.52. The number of benzene rings is 3. The average Bonchev–Trinajstić information content (AvgIpc) is 3.08. The maximum atomic E-state index is 10.2. The molecular formula is C24H24O4. The lowest BCUT2D eigenvalue weighted by molar-refractivity contribution is -0.130. The van der Waals surface area contributed by atoms with E-state index in [1.165, 1.54) is 0 Å². The van der Waals surface area contributed by atoms with Gasteiger partial charge in [0.15, 0.2) is 6.29 Å². The van der Waals surface area contributed by atoms with Crippen molar-refractivity contribution in [2.45, 2.75) is 30.5 Å². The Morgan fingerprint density at radius 1 is 0.750 bits per heavy atom. The van der Waals surface area contributed by atoms with Crippen LogP contribution in [0.25, 0.3) is 0 Å². The van der Waals surface area contributed by atoms with Crippen LogP contribution in [0, 0.1) is 0 Å². The fraction of sp³-hybridized carbons (Fsp3) is 0.250. The highest BCUT2D eigenvalue weighted by molar-refractivity contribution is 5.47. The van der Waals surface area contributed by atoms with Gasteiger partial charge in [0.2, 0.25) is 0 Å². The fourth-order valence-corrected chi connectivity index (χ4v) is 3.83.